The van der Waals surface area contributed by atoms with E-state index in [1.165, 1.54) is 11.3 Å². The predicted octanol–water partition coefficient (Wildman–Crippen LogP) is 6.42. The second-order valence-corrected chi connectivity index (χ2v) is 7.00. The maximum atomic E-state index is 6.25. The number of hydrogen-bond acceptors (Lipinski definition) is 4. The number of rotatable bonds is 3. The van der Waals surface area contributed by atoms with Gasteiger partial charge < -0.3 is 0 Å². The van der Waals surface area contributed by atoms with Crippen molar-refractivity contribution in [2.24, 2.45) is 4.99 Å². The molecule has 0 radical (unpaired) electrons. The smallest absolute Gasteiger partial charge is 0.209 e. The Morgan fingerprint density at radius 3 is 2.80 bits per heavy atom. The second kappa shape index (κ2) is 6.92. The van der Waals surface area contributed by atoms with Gasteiger partial charge in [-0.2, -0.15) is 0 Å². The highest BCUT2D eigenvalue weighted by Gasteiger charge is 2.08. The molecule has 0 saturated carbocycles. The van der Waals surface area contributed by atoms with E-state index >= 15 is 0 Å². The molecule has 0 N–H and O–H groups in total. The molecule has 2 heterocycles. The highest BCUT2D eigenvalue weighted by Crippen LogP contribution is 2.33. The third-order valence-electron chi connectivity index (χ3n) is 3.70. The van der Waals surface area contributed by atoms with Crippen LogP contribution in [0.3, 0.4) is 0 Å². The van der Waals surface area contributed by atoms with Crippen molar-refractivity contribution in [3.05, 3.63) is 75.7 Å². The fraction of sp³-hybridized carbons (Fsp3) is 0. The van der Waals surface area contributed by atoms with Crippen LogP contribution in [0.5, 0.6) is 0 Å². The van der Waals surface area contributed by atoms with Gasteiger partial charge in [0.05, 0.1) is 16.2 Å². The van der Waals surface area contributed by atoms with Gasteiger partial charge in [-0.25, -0.2) is 9.98 Å². The van der Waals surface area contributed by atoms with Gasteiger partial charge >= 0.3 is 0 Å². The van der Waals surface area contributed by atoms with Crippen LogP contribution in [0.25, 0.3) is 22.2 Å². The molecule has 0 bridgehead atoms. The number of fused-ring (bicyclic) bond motifs is 1. The molecule has 0 aliphatic carbocycles. The van der Waals surface area contributed by atoms with Gasteiger partial charge in [0, 0.05) is 39.3 Å². The number of nitrogens with zero attached hydrogens (tertiary/aromatic N) is 3. The molecule has 0 fully saturated rings. The summed E-state index contributed by atoms with van der Waals surface area (Å²) in [5, 5.41) is 4.85. The lowest BCUT2D eigenvalue weighted by Crippen LogP contribution is -1.86. The van der Waals surface area contributed by atoms with Crippen molar-refractivity contribution in [3.8, 4) is 11.3 Å². The van der Waals surface area contributed by atoms with Crippen LogP contribution in [0, 0.1) is 0 Å². The van der Waals surface area contributed by atoms with E-state index < -0.39 is 0 Å². The molecule has 4 rings (SSSR count). The highest BCUT2D eigenvalue weighted by atomic mass is 35.5. The Balaban J connectivity index is 1.65. The summed E-state index contributed by atoms with van der Waals surface area (Å²) < 4.78 is 0. The van der Waals surface area contributed by atoms with E-state index in [-0.39, 0.29) is 0 Å². The van der Waals surface area contributed by atoms with E-state index in [0.29, 0.717) is 15.2 Å². The summed E-state index contributed by atoms with van der Waals surface area (Å²) in [5.41, 5.74) is 3.59. The third kappa shape index (κ3) is 3.42. The molecule has 0 saturated heterocycles. The number of para-hydroxylation sites is 1. The lowest BCUT2D eigenvalue weighted by molar-refractivity contribution is 1.35. The normalized spacial score (nSPS) is 11.4. The van der Waals surface area contributed by atoms with E-state index in [2.05, 4.69) is 15.0 Å². The molecule has 2 aromatic heterocycles. The molecule has 0 unspecified atom stereocenters. The maximum absolute atomic E-state index is 6.25. The fourth-order valence-electron chi connectivity index (χ4n) is 2.50. The first-order valence-corrected chi connectivity index (χ1v) is 9.13. The molecule has 0 aliphatic heterocycles. The lowest BCUT2D eigenvalue weighted by Gasteiger charge is -2.00. The first-order valence-electron chi connectivity index (χ1n) is 7.49. The van der Waals surface area contributed by atoms with Crippen LogP contribution in [0.15, 0.2) is 65.1 Å². The molecule has 0 aliphatic rings. The minimum Gasteiger partial charge on any atom is -0.256 e. The zero-order chi connectivity index (χ0) is 17.2. The van der Waals surface area contributed by atoms with Gasteiger partial charge in [0.15, 0.2) is 0 Å². The first-order chi connectivity index (χ1) is 12.2. The molecule has 0 spiro atoms. The van der Waals surface area contributed by atoms with Gasteiger partial charge in [-0.3, -0.25) is 4.98 Å². The molecular formula is C19H11Cl2N3S. The number of aromatic nitrogens is 2. The van der Waals surface area contributed by atoms with Crippen molar-refractivity contribution < 1.29 is 0 Å². The Morgan fingerprint density at radius 1 is 1.04 bits per heavy atom. The molecule has 6 heteroatoms. The van der Waals surface area contributed by atoms with Crippen molar-refractivity contribution in [2.45, 2.75) is 0 Å². The topological polar surface area (TPSA) is 38.1 Å². The Kier molecular flexibility index (Phi) is 4.49. The monoisotopic (exact) mass is 383 g/mol. The zero-order valence-corrected chi connectivity index (χ0v) is 15.2. The predicted molar refractivity (Wildman–Crippen MR) is 107 cm³/mol. The van der Waals surface area contributed by atoms with Gasteiger partial charge in [0.25, 0.3) is 0 Å². The standard InChI is InChI=1S/C19H11Cl2N3S/c20-13-5-6-15(16(21)9-13)18-11-25-19(24-18)23-10-12-7-8-22-17-4-2-1-3-14(12)17/h1-11H/b23-10+. The summed E-state index contributed by atoms with van der Waals surface area (Å²) in [7, 11) is 0. The van der Waals surface area contributed by atoms with E-state index in [9.17, 15) is 0 Å². The molecule has 3 nitrogen and oxygen atoms in total. The van der Waals surface area contributed by atoms with Crippen LogP contribution in [0.4, 0.5) is 5.13 Å². The van der Waals surface area contributed by atoms with Gasteiger partial charge in [-0.1, -0.05) is 41.4 Å². The molecular weight excluding hydrogens is 373 g/mol. The zero-order valence-electron chi connectivity index (χ0n) is 12.9. The number of halogens is 2. The summed E-state index contributed by atoms with van der Waals surface area (Å²) in [6.45, 7) is 0. The first kappa shape index (κ1) is 16.2. The largest absolute Gasteiger partial charge is 0.256 e. The SMILES string of the molecule is Clc1ccc(-c2csc(/N=C/c3ccnc4ccccc34)n2)c(Cl)c1. The Bertz CT molecular complexity index is 1080. The Morgan fingerprint density at radius 2 is 1.92 bits per heavy atom. The van der Waals surface area contributed by atoms with Crippen molar-refractivity contribution >= 4 is 56.8 Å². The quantitative estimate of drug-likeness (QED) is 0.383. The minimum absolute atomic E-state index is 0.577. The number of thiazole rings is 1. The second-order valence-electron chi connectivity index (χ2n) is 5.32. The maximum Gasteiger partial charge on any atom is 0.209 e. The van der Waals surface area contributed by atoms with Crippen LogP contribution in [0.1, 0.15) is 5.56 Å². The summed E-state index contributed by atoms with van der Waals surface area (Å²) in [5.74, 6) is 0. The number of pyridine rings is 1. The van der Waals surface area contributed by atoms with Crippen LogP contribution >= 0.6 is 34.5 Å². The van der Waals surface area contributed by atoms with Crippen molar-refractivity contribution in [1.82, 2.24) is 9.97 Å². The fourth-order valence-corrected chi connectivity index (χ4v) is 3.67. The molecule has 0 atom stereocenters. The van der Waals surface area contributed by atoms with E-state index in [1.54, 1.807) is 18.3 Å². The van der Waals surface area contributed by atoms with Crippen molar-refractivity contribution in [3.63, 3.8) is 0 Å². The molecule has 4 aromatic rings. The van der Waals surface area contributed by atoms with Gasteiger partial charge in [-0.05, 0) is 30.3 Å². The van der Waals surface area contributed by atoms with Gasteiger partial charge in [0.1, 0.15) is 0 Å². The molecule has 25 heavy (non-hydrogen) atoms. The molecule has 0 amide bonds. The summed E-state index contributed by atoms with van der Waals surface area (Å²) in [4.78, 5) is 13.4. The third-order valence-corrected chi connectivity index (χ3v) is 4.99. The van der Waals surface area contributed by atoms with Crippen molar-refractivity contribution in [2.75, 3.05) is 0 Å². The Hall–Kier alpha value is -2.27. The van der Waals surface area contributed by atoms with Crippen LogP contribution in [-0.2, 0) is 0 Å². The molecule has 2 aromatic carbocycles. The average molecular weight is 384 g/mol. The number of aliphatic imine (C=N–C) groups is 1. The van der Waals surface area contributed by atoms with Gasteiger partial charge in [0.2, 0.25) is 5.13 Å². The summed E-state index contributed by atoms with van der Waals surface area (Å²) in [6.07, 6.45) is 3.60. The summed E-state index contributed by atoms with van der Waals surface area (Å²) >= 11 is 13.7. The van der Waals surface area contributed by atoms with E-state index in [4.69, 9.17) is 23.2 Å². The Labute approximate surface area is 158 Å². The summed E-state index contributed by atoms with van der Waals surface area (Å²) in [6, 6.07) is 15.3. The minimum atomic E-state index is 0.577. The van der Waals surface area contributed by atoms with Gasteiger partial charge in [-0.15, -0.1) is 11.3 Å². The highest BCUT2D eigenvalue weighted by molar-refractivity contribution is 7.13. The number of benzene rings is 2. The van der Waals surface area contributed by atoms with Crippen LogP contribution < -0.4 is 0 Å². The average Bonchev–Trinajstić information content (AvgIpc) is 3.08. The number of hydrogen-bond donors (Lipinski definition) is 0. The van der Waals surface area contributed by atoms with Crippen LogP contribution in [0.2, 0.25) is 10.0 Å². The van der Waals surface area contributed by atoms with Crippen molar-refractivity contribution in [1.29, 1.82) is 0 Å². The molecule has 122 valence electrons. The van der Waals surface area contributed by atoms with E-state index in [0.717, 1.165) is 27.7 Å². The van der Waals surface area contributed by atoms with E-state index in [1.807, 2.05) is 48.0 Å². The van der Waals surface area contributed by atoms with Crippen LogP contribution in [-0.4, -0.2) is 16.2 Å². The lowest BCUT2D eigenvalue weighted by atomic mass is 10.1.